The van der Waals surface area contributed by atoms with E-state index in [0.29, 0.717) is 42.0 Å². The molecule has 0 unspecified atom stereocenters. The fourth-order valence-electron chi connectivity index (χ4n) is 6.05. The number of nitrogens with one attached hydrogen (secondary N) is 3. The number of ketones is 1. The highest BCUT2D eigenvalue weighted by Crippen LogP contribution is 2.31. The lowest BCUT2D eigenvalue weighted by atomic mass is 9.77. The summed E-state index contributed by atoms with van der Waals surface area (Å²) < 4.78 is 0. The third-order valence-corrected chi connectivity index (χ3v) is 9.04. The lowest BCUT2D eigenvalue weighted by molar-refractivity contribution is -0.129. The predicted molar refractivity (Wildman–Crippen MR) is 172 cm³/mol. The number of rotatable bonds is 12. The molecule has 3 aromatic carbocycles. The molecule has 0 radical (unpaired) electrons. The SMILES string of the molecule is NCC1CCC(C(=O)C[C@@H](Cc2ccc(-c3ccc(C(=O)NC4CC4)cc3)cc2)C(=O)Nc2ccc(-c3nn[nH]n3)cc2)CC1. The number of H-pyrrole nitrogens is 1. The van der Waals surface area contributed by atoms with Gasteiger partial charge in [-0.1, -0.05) is 36.4 Å². The summed E-state index contributed by atoms with van der Waals surface area (Å²) in [5.74, 6) is 0.354. The zero-order valence-corrected chi connectivity index (χ0v) is 25.2. The summed E-state index contributed by atoms with van der Waals surface area (Å²) in [5, 5.41) is 20.1. The minimum atomic E-state index is -0.517. The van der Waals surface area contributed by atoms with Crippen LogP contribution in [-0.2, 0) is 16.0 Å². The molecule has 5 N–H and O–H groups in total. The normalized spacial score (nSPS) is 18.6. The molecule has 2 fully saturated rings. The van der Waals surface area contributed by atoms with Crippen LogP contribution >= 0.6 is 0 Å². The molecule has 0 bridgehead atoms. The van der Waals surface area contributed by atoms with Crippen LogP contribution in [0.4, 0.5) is 5.69 Å². The molecule has 2 aliphatic rings. The minimum absolute atomic E-state index is 0.0194. The summed E-state index contributed by atoms with van der Waals surface area (Å²) in [5.41, 5.74) is 10.9. The van der Waals surface area contributed by atoms with Gasteiger partial charge in [-0.2, -0.15) is 5.21 Å². The van der Waals surface area contributed by atoms with E-state index >= 15 is 0 Å². The molecule has 10 heteroatoms. The standard InChI is InChI=1S/C35H39N7O3/c36-21-23-3-7-26(8-4-23)32(43)20-29(35(45)38-30-15-13-27(14-16-30)33-39-41-42-40-33)19-22-1-5-24(6-2-22)25-9-11-28(12-10-25)34(44)37-31-17-18-31/h1-2,5-6,9-16,23,26,29,31H,3-4,7-8,17-21,36H2,(H,37,44)(H,38,45)(H,39,40,41,42)/t23?,26?,29-/m1/s1. The van der Waals surface area contributed by atoms with E-state index in [1.807, 2.05) is 60.7 Å². The maximum atomic E-state index is 13.6. The van der Waals surface area contributed by atoms with Crippen LogP contribution in [0.5, 0.6) is 0 Å². The van der Waals surface area contributed by atoms with Gasteiger partial charge in [0.15, 0.2) is 0 Å². The van der Waals surface area contributed by atoms with Crippen molar-refractivity contribution in [1.82, 2.24) is 25.9 Å². The molecular weight excluding hydrogens is 566 g/mol. The molecule has 2 saturated carbocycles. The van der Waals surface area contributed by atoms with Crippen molar-refractivity contribution >= 4 is 23.3 Å². The van der Waals surface area contributed by atoms with E-state index in [1.165, 1.54) is 0 Å². The maximum Gasteiger partial charge on any atom is 0.251 e. The minimum Gasteiger partial charge on any atom is -0.349 e. The van der Waals surface area contributed by atoms with E-state index in [0.717, 1.165) is 60.8 Å². The molecule has 2 aliphatic carbocycles. The molecule has 4 aromatic rings. The lowest BCUT2D eigenvalue weighted by Gasteiger charge is -2.27. The van der Waals surface area contributed by atoms with Gasteiger partial charge in [-0.3, -0.25) is 14.4 Å². The number of hydrogen-bond acceptors (Lipinski definition) is 7. The van der Waals surface area contributed by atoms with Gasteiger partial charge in [0, 0.05) is 41.1 Å². The average Bonchev–Trinajstić information content (AvgIpc) is 3.72. The lowest BCUT2D eigenvalue weighted by Crippen LogP contribution is -2.31. The van der Waals surface area contributed by atoms with Crippen molar-refractivity contribution in [3.63, 3.8) is 0 Å². The number of Topliss-reactive ketones (excluding diaryl/α,β-unsaturated/α-hetero) is 1. The fourth-order valence-corrected chi connectivity index (χ4v) is 6.05. The van der Waals surface area contributed by atoms with Gasteiger partial charge in [-0.05, 0) is 116 Å². The monoisotopic (exact) mass is 605 g/mol. The van der Waals surface area contributed by atoms with Crippen molar-refractivity contribution in [1.29, 1.82) is 0 Å². The molecule has 10 nitrogen and oxygen atoms in total. The summed E-state index contributed by atoms with van der Waals surface area (Å²) in [4.78, 5) is 39.4. The highest BCUT2D eigenvalue weighted by molar-refractivity contribution is 5.96. The molecule has 1 aromatic heterocycles. The van der Waals surface area contributed by atoms with E-state index in [-0.39, 0.29) is 29.9 Å². The molecular formula is C35H39N7O3. The molecule has 6 rings (SSSR count). The number of aromatic amines is 1. The number of carbonyl (C=O) groups excluding carboxylic acids is 3. The van der Waals surface area contributed by atoms with Crippen LogP contribution in [0.3, 0.4) is 0 Å². The second-order valence-corrected chi connectivity index (χ2v) is 12.3. The van der Waals surface area contributed by atoms with Gasteiger partial charge in [0.05, 0.1) is 0 Å². The smallest absolute Gasteiger partial charge is 0.251 e. The highest BCUT2D eigenvalue weighted by Gasteiger charge is 2.30. The van der Waals surface area contributed by atoms with Gasteiger partial charge in [0.1, 0.15) is 5.78 Å². The number of hydrogen-bond donors (Lipinski definition) is 4. The number of benzene rings is 3. The van der Waals surface area contributed by atoms with Crippen molar-refractivity contribution in [2.75, 3.05) is 11.9 Å². The summed E-state index contributed by atoms with van der Waals surface area (Å²) in [6.07, 6.45) is 6.34. The molecule has 0 spiro atoms. The molecule has 1 heterocycles. The Kier molecular flexibility index (Phi) is 9.40. The van der Waals surface area contributed by atoms with Crippen LogP contribution < -0.4 is 16.4 Å². The Bertz CT molecular complexity index is 1590. The van der Waals surface area contributed by atoms with Crippen molar-refractivity contribution in [2.24, 2.45) is 23.5 Å². The average molecular weight is 606 g/mol. The predicted octanol–water partition coefficient (Wildman–Crippen LogP) is 4.95. The van der Waals surface area contributed by atoms with Gasteiger partial charge >= 0.3 is 0 Å². The Morgan fingerprint density at radius 1 is 0.822 bits per heavy atom. The maximum absolute atomic E-state index is 13.6. The summed E-state index contributed by atoms with van der Waals surface area (Å²) in [6, 6.07) is 23.2. The molecule has 0 saturated heterocycles. The second kappa shape index (κ2) is 13.9. The Balaban J connectivity index is 1.13. The van der Waals surface area contributed by atoms with Crippen LogP contribution in [0.25, 0.3) is 22.5 Å². The molecule has 0 aliphatic heterocycles. The van der Waals surface area contributed by atoms with Crippen molar-refractivity contribution < 1.29 is 14.4 Å². The Morgan fingerprint density at radius 2 is 1.47 bits per heavy atom. The number of tetrazole rings is 1. The third-order valence-electron chi connectivity index (χ3n) is 9.04. The van der Waals surface area contributed by atoms with Crippen LogP contribution in [0.15, 0.2) is 72.8 Å². The topological polar surface area (TPSA) is 156 Å². The zero-order chi connectivity index (χ0) is 31.2. The Labute approximate surface area is 262 Å². The van der Waals surface area contributed by atoms with E-state index in [2.05, 4.69) is 31.3 Å². The summed E-state index contributed by atoms with van der Waals surface area (Å²) >= 11 is 0. The zero-order valence-electron chi connectivity index (χ0n) is 25.2. The first-order chi connectivity index (χ1) is 21.9. The van der Waals surface area contributed by atoms with Crippen LogP contribution in [0, 0.1) is 17.8 Å². The van der Waals surface area contributed by atoms with Crippen molar-refractivity contribution in [3.8, 4) is 22.5 Å². The van der Waals surface area contributed by atoms with Crippen molar-refractivity contribution in [2.45, 2.75) is 57.4 Å². The van der Waals surface area contributed by atoms with Crippen LogP contribution in [0.1, 0.15) is 60.9 Å². The number of anilines is 1. The third kappa shape index (κ3) is 7.88. The quantitative estimate of drug-likeness (QED) is 0.178. The first kappa shape index (κ1) is 30.3. The van der Waals surface area contributed by atoms with Gasteiger partial charge in [0.25, 0.3) is 5.91 Å². The van der Waals surface area contributed by atoms with Gasteiger partial charge < -0.3 is 16.4 Å². The summed E-state index contributed by atoms with van der Waals surface area (Å²) in [7, 11) is 0. The number of carbonyl (C=O) groups is 3. The van der Waals surface area contributed by atoms with Crippen molar-refractivity contribution in [3.05, 3.63) is 83.9 Å². The first-order valence-electron chi connectivity index (χ1n) is 15.8. The second-order valence-electron chi connectivity index (χ2n) is 12.3. The van der Waals surface area contributed by atoms with Gasteiger partial charge in [-0.25, -0.2) is 0 Å². The molecule has 1 atom stereocenters. The van der Waals surface area contributed by atoms with E-state index < -0.39 is 5.92 Å². The van der Waals surface area contributed by atoms with Gasteiger partial charge in [0.2, 0.25) is 11.7 Å². The number of amides is 2. The Hall–Kier alpha value is -4.70. The first-order valence-corrected chi connectivity index (χ1v) is 15.8. The van der Waals surface area contributed by atoms with Crippen LogP contribution in [-0.4, -0.2) is 50.8 Å². The van der Waals surface area contributed by atoms with Crippen LogP contribution in [0.2, 0.25) is 0 Å². The van der Waals surface area contributed by atoms with E-state index in [9.17, 15) is 14.4 Å². The summed E-state index contributed by atoms with van der Waals surface area (Å²) in [6.45, 7) is 0.660. The molecule has 2 amide bonds. The largest absolute Gasteiger partial charge is 0.349 e. The number of nitrogens with zero attached hydrogens (tertiary/aromatic N) is 3. The Morgan fingerprint density at radius 3 is 2.07 bits per heavy atom. The number of nitrogens with two attached hydrogens (primary N) is 1. The van der Waals surface area contributed by atoms with E-state index in [4.69, 9.17) is 5.73 Å². The van der Waals surface area contributed by atoms with E-state index in [1.54, 1.807) is 12.1 Å². The molecule has 232 valence electrons. The highest BCUT2D eigenvalue weighted by atomic mass is 16.2. The fraction of sp³-hybridized carbons (Fsp3) is 0.371. The van der Waals surface area contributed by atoms with Gasteiger partial charge in [-0.15, -0.1) is 10.2 Å². The number of aromatic nitrogens is 4. The molecule has 45 heavy (non-hydrogen) atoms.